The van der Waals surface area contributed by atoms with Gasteiger partial charge in [0.2, 0.25) is 11.8 Å². The Hall–Kier alpha value is -1.30. The molecule has 96 valence electrons. The predicted molar refractivity (Wildman–Crippen MR) is 60.5 cm³/mol. The minimum absolute atomic E-state index is 0.131. The fourth-order valence-corrected chi connectivity index (χ4v) is 1.98. The van der Waals surface area contributed by atoms with Crippen LogP contribution < -0.4 is 0 Å². The van der Waals surface area contributed by atoms with Gasteiger partial charge in [0.1, 0.15) is 11.9 Å². The first kappa shape index (κ1) is 13.8. The van der Waals surface area contributed by atoms with Crippen molar-refractivity contribution in [2.45, 2.75) is 13.0 Å². The summed E-state index contributed by atoms with van der Waals surface area (Å²) in [6, 6.07) is -0.738. The van der Waals surface area contributed by atoms with Crippen LogP contribution in [-0.2, 0) is 19.1 Å². The molecule has 17 heavy (non-hydrogen) atoms. The summed E-state index contributed by atoms with van der Waals surface area (Å²) < 4.78 is 4.63. The van der Waals surface area contributed by atoms with Gasteiger partial charge in [-0.2, -0.15) is 0 Å². The molecule has 1 aliphatic rings. The van der Waals surface area contributed by atoms with Crippen LogP contribution in [0.4, 0.5) is 0 Å². The lowest BCUT2D eigenvalue weighted by Gasteiger charge is -2.39. The van der Waals surface area contributed by atoms with Crippen molar-refractivity contribution < 1.29 is 19.1 Å². The van der Waals surface area contributed by atoms with Crippen LogP contribution in [0.15, 0.2) is 0 Å². The second kappa shape index (κ2) is 5.86. The molecule has 7 heteroatoms. The van der Waals surface area contributed by atoms with E-state index >= 15 is 0 Å². The van der Waals surface area contributed by atoms with Gasteiger partial charge < -0.3 is 14.5 Å². The van der Waals surface area contributed by atoms with Crippen molar-refractivity contribution in [1.82, 2.24) is 9.80 Å². The fraction of sp³-hybridized carbons (Fsp3) is 0.700. The van der Waals surface area contributed by atoms with E-state index in [2.05, 4.69) is 4.74 Å². The molecule has 0 N–H and O–H groups in total. The van der Waals surface area contributed by atoms with Crippen LogP contribution in [0.25, 0.3) is 0 Å². The minimum Gasteiger partial charge on any atom is -0.467 e. The molecular weight excluding hydrogens is 248 g/mol. The monoisotopic (exact) mass is 262 g/mol. The Morgan fingerprint density at radius 2 is 2.00 bits per heavy atom. The van der Waals surface area contributed by atoms with E-state index in [4.69, 9.17) is 11.6 Å². The highest BCUT2D eigenvalue weighted by molar-refractivity contribution is 6.27. The zero-order valence-corrected chi connectivity index (χ0v) is 10.6. The van der Waals surface area contributed by atoms with Crippen molar-refractivity contribution in [2.24, 2.45) is 0 Å². The highest BCUT2D eigenvalue weighted by Gasteiger charge is 2.35. The van der Waals surface area contributed by atoms with Gasteiger partial charge in [-0.05, 0) is 0 Å². The Morgan fingerprint density at radius 1 is 1.35 bits per heavy atom. The topological polar surface area (TPSA) is 66.9 Å². The number of ether oxygens (including phenoxy) is 1. The lowest BCUT2D eigenvalue weighted by Crippen LogP contribution is -2.59. The average molecular weight is 263 g/mol. The molecule has 6 nitrogen and oxygen atoms in total. The molecule has 1 rings (SSSR count). The minimum atomic E-state index is -0.738. The number of esters is 1. The summed E-state index contributed by atoms with van der Waals surface area (Å²) in [5.74, 6) is -1.11. The second-order valence-corrected chi connectivity index (χ2v) is 3.99. The number of hydrogen-bond acceptors (Lipinski definition) is 4. The molecule has 1 saturated heterocycles. The molecule has 1 aliphatic heterocycles. The molecular formula is C10H15ClN2O4. The van der Waals surface area contributed by atoms with Gasteiger partial charge in [-0.25, -0.2) is 4.79 Å². The van der Waals surface area contributed by atoms with Crippen LogP contribution >= 0.6 is 11.6 Å². The Kier molecular flexibility index (Phi) is 4.74. The molecule has 0 aliphatic carbocycles. The van der Waals surface area contributed by atoms with Gasteiger partial charge in [-0.1, -0.05) is 0 Å². The number of hydrogen-bond donors (Lipinski definition) is 0. The van der Waals surface area contributed by atoms with Crippen LogP contribution in [0.1, 0.15) is 6.92 Å². The lowest BCUT2D eigenvalue weighted by atomic mass is 10.1. The van der Waals surface area contributed by atoms with E-state index in [-0.39, 0.29) is 24.2 Å². The molecule has 0 radical (unpaired) electrons. The van der Waals surface area contributed by atoms with Crippen LogP contribution in [0.5, 0.6) is 0 Å². The summed E-state index contributed by atoms with van der Waals surface area (Å²) in [6.07, 6.45) is 0. The standard InChI is InChI=1S/C10H15ClN2O4/c1-7(14)13-4-3-12(9(15)5-11)6-8(13)10(16)17-2/h8H,3-6H2,1-2H3/t8-/m0/s1. The first-order valence-electron chi connectivity index (χ1n) is 5.20. The van der Waals surface area contributed by atoms with Gasteiger partial charge in [0.15, 0.2) is 0 Å². The van der Waals surface area contributed by atoms with Crippen molar-refractivity contribution in [3.8, 4) is 0 Å². The van der Waals surface area contributed by atoms with E-state index in [9.17, 15) is 14.4 Å². The summed E-state index contributed by atoms with van der Waals surface area (Å²) in [5, 5.41) is 0. The van der Waals surface area contributed by atoms with E-state index in [0.29, 0.717) is 13.1 Å². The normalized spacial score (nSPS) is 20.1. The predicted octanol–water partition coefficient (Wildman–Crippen LogP) is -0.543. The number of halogens is 1. The first-order valence-corrected chi connectivity index (χ1v) is 5.73. The largest absolute Gasteiger partial charge is 0.467 e. The number of carbonyl (C=O) groups excluding carboxylic acids is 3. The molecule has 1 atom stereocenters. The number of rotatable bonds is 2. The Labute approximate surface area is 104 Å². The third-order valence-electron chi connectivity index (χ3n) is 2.73. The molecule has 0 aromatic heterocycles. The van der Waals surface area contributed by atoms with Crippen molar-refractivity contribution in [3.05, 3.63) is 0 Å². The smallest absolute Gasteiger partial charge is 0.330 e. The third kappa shape index (κ3) is 3.09. The molecule has 1 heterocycles. The van der Waals surface area contributed by atoms with Crippen molar-refractivity contribution in [2.75, 3.05) is 32.6 Å². The Morgan fingerprint density at radius 3 is 2.47 bits per heavy atom. The highest BCUT2D eigenvalue weighted by Crippen LogP contribution is 2.12. The van der Waals surface area contributed by atoms with Crippen LogP contribution in [0, 0.1) is 0 Å². The first-order chi connectivity index (χ1) is 8.01. The quantitative estimate of drug-likeness (QED) is 0.495. The molecule has 0 spiro atoms. The van der Waals surface area contributed by atoms with Crippen LogP contribution in [0.2, 0.25) is 0 Å². The van der Waals surface area contributed by atoms with Crippen molar-refractivity contribution in [3.63, 3.8) is 0 Å². The van der Waals surface area contributed by atoms with Gasteiger partial charge >= 0.3 is 5.97 Å². The summed E-state index contributed by atoms with van der Waals surface area (Å²) >= 11 is 5.46. The third-order valence-corrected chi connectivity index (χ3v) is 2.95. The van der Waals surface area contributed by atoms with E-state index in [1.807, 2.05) is 0 Å². The molecule has 2 amide bonds. The zero-order valence-electron chi connectivity index (χ0n) is 9.81. The molecule has 1 fully saturated rings. The number of amides is 2. The van der Waals surface area contributed by atoms with E-state index in [0.717, 1.165) is 0 Å². The number of carbonyl (C=O) groups is 3. The zero-order chi connectivity index (χ0) is 13.0. The molecule has 0 saturated carbocycles. The average Bonchev–Trinajstić information content (AvgIpc) is 2.35. The Bertz CT molecular complexity index is 334. The van der Waals surface area contributed by atoms with Crippen LogP contribution in [-0.4, -0.2) is 66.2 Å². The molecule has 0 aromatic rings. The van der Waals surface area contributed by atoms with Crippen molar-refractivity contribution in [1.29, 1.82) is 0 Å². The van der Waals surface area contributed by atoms with Gasteiger partial charge in [0, 0.05) is 20.0 Å². The number of methoxy groups -OCH3 is 1. The number of piperazine rings is 1. The molecule has 0 aromatic carbocycles. The summed E-state index contributed by atoms with van der Waals surface area (Å²) in [7, 11) is 1.25. The van der Waals surface area contributed by atoms with Crippen molar-refractivity contribution >= 4 is 29.4 Å². The van der Waals surface area contributed by atoms with E-state index in [1.54, 1.807) is 0 Å². The number of nitrogens with zero attached hydrogens (tertiary/aromatic N) is 2. The highest BCUT2D eigenvalue weighted by atomic mass is 35.5. The molecule has 0 unspecified atom stereocenters. The van der Waals surface area contributed by atoms with E-state index in [1.165, 1.54) is 23.8 Å². The van der Waals surface area contributed by atoms with E-state index < -0.39 is 12.0 Å². The number of alkyl halides is 1. The maximum Gasteiger partial charge on any atom is 0.330 e. The summed E-state index contributed by atoms with van der Waals surface area (Å²) in [4.78, 5) is 37.2. The van der Waals surface area contributed by atoms with Gasteiger partial charge in [0.05, 0.1) is 13.7 Å². The summed E-state index contributed by atoms with van der Waals surface area (Å²) in [5.41, 5.74) is 0. The SMILES string of the molecule is COC(=O)[C@@H]1CN(C(=O)CCl)CCN1C(C)=O. The van der Waals surface area contributed by atoms with Gasteiger partial charge in [-0.15, -0.1) is 11.6 Å². The maximum atomic E-state index is 11.6. The molecule has 0 bridgehead atoms. The fourth-order valence-electron chi connectivity index (χ4n) is 1.81. The van der Waals surface area contributed by atoms with Crippen LogP contribution in [0.3, 0.4) is 0 Å². The van der Waals surface area contributed by atoms with Gasteiger partial charge in [-0.3, -0.25) is 9.59 Å². The summed E-state index contributed by atoms with van der Waals surface area (Å²) in [6.45, 7) is 2.23. The second-order valence-electron chi connectivity index (χ2n) is 3.72. The maximum absolute atomic E-state index is 11.6. The Balaban J connectivity index is 2.80. The van der Waals surface area contributed by atoms with Gasteiger partial charge in [0.25, 0.3) is 0 Å². The lowest BCUT2D eigenvalue weighted by molar-refractivity contribution is -0.157.